The van der Waals surface area contributed by atoms with Crippen molar-refractivity contribution in [2.45, 2.75) is 31.2 Å². The van der Waals surface area contributed by atoms with Gasteiger partial charge in [-0.25, -0.2) is 13.2 Å². The summed E-state index contributed by atoms with van der Waals surface area (Å²) in [6, 6.07) is 2.82. The van der Waals surface area contributed by atoms with Gasteiger partial charge in [-0.2, -0.15) is 0 Å². The lowest BCUT2D eigenvalue weighted by molar-refractivity contribution is -0.130. The standard InChI is InChI=1S/C16H21ClN2O6S/c1-4-7-18-15(21)10(2)19-14(20)9-25-16(22)12-8-11(26(3,23)24)5-6-13(12)17/h5-6,8,10H,4,7,9H2,1-3H3,(H,18,21)(H,19,20)/t10-/m1/s1. The first-order chi connectivity index (χ1) is 12.1. The van der Waals surface area contributed by atoms with Crippen molar-refractivity contribution in [1.82, 2.24) is 10.6 Å². The van der Waals surface area contributed by atoms with Gasteiger partial charge in [0.1, 0.15) is 6.04 Å². The van der Waals surface area contributed by atoms with E-state index in [9.17, 15) is 22.8 Å². The second-order valence-corrected chi connectivity index (χ2v) is 7.99. The molecule has 1 atom stereocenters. The smallest absolute Gasteiger partial charge is 0.340 e. The molecule has 0 saturated heterocycles. The van der Waals surface area contributed by atoms with E-state index in [4.69, 9.17) is 16.3 Å². The number of benzene rings is 1. The molecule has 2 N–H and O–H groups in total. The van der Waals surface area contributed by atoms with Crippen molar-refractivity contribution in [3.63, 3.8) is 0 Å². The molecule has 0 aromatic heterocycles. The Morgan fingerprint density at radius 3 is 2.50 bits per heavy atom. The van der Waals surface area contributed by atoms with Gasteiger partial charge in [-0.15, -0.1) is 0 Å². The molecule has 0 bridgehead atoms. The zero-order chi connectivity index (χ0) is 19.9. The van der Waals surface area contributed by atoms with Gasteiger partial charge in [0.25, 0.3) is 5.91 Å². The summed E-state index contributed by atoms with van der Waals surface area (Å²) in [4.78, 5) is 35.4. The number of halogens is 1. The molecule has 0 aliphatic carbocycles. The summed E-state index contributed by atoms with van der Waals surface area (Å²) in [5.41, 5.74) is -0.170. The summed E-state index contributed by atoms with van der Waals surface area (Å²) in [5.74, 6) is -1.97. The highest BCUT2D eigenvalue weighted by molar-refractivity contribution is 7.90. The van der Waals surface area contributed by atoms with Crippen LogP contribution in [-0.4, -0.2) is 51.7 Å². The number of carbonyl (C=O) groups is 3. The average Bonchev–Trinajstić information content (AvgIpc) is 2.56. The second kappa shape index (κ2) is 9.54. The van der Waals surface area contributed by atoms with E-state index in [0.717, 1.165) is 18.7 Å². The van der Waals surface area contributed by atoms with E-state index in [-0.39, 0.29) is 21.4 Å². The summed E-state index contributed by atoms with van der Waals surface area (Å²) in [7, 11) is -3.53. The SMILES string of the molecule is CCCNC(=O)[C@@H](C)NC(=O)COC(=O)c1cc(S(C)(=O)=O)ccc1Cl. The van der Waals surface area contributed by atoms with E-state index in [1.807, 2.05) is 6.92 Å². The highest BCUT2D eigenvalue weighted by Gasteiger charge is 2.19. The third-order valence-electron chi connectivity index (χ3n) is 3.24. The molecule has 0 aliphatic rings. The third kappa shape index (κ3) is 6.64. The van der Waals surface area contributed by atoms with E-state index in [1.165, 1.54) is 19.1 Å². The summed E-state index contributed by atoms with van der Waals surface area (Å²) in [5, 5.41) is 5.00. The lowest BCUT2D eigenvalue weighted by Crippen LogP contribution is -2.46. The van der Waals surface area contributed by atoms with Crippen molar-refractivity contribution in [2.75, 3.05) is 19.4 Å². The van der Waals surface area contributed by atoms with Crippen molar-refractivity contribution in [3.8, 4) is 0 Å². The van der Waals surface area contributed by atoms with Crippen LogP contribution in [0.3, 0.4) is 0 Å². The fraction of sp³-hybridized carbons (Fsp3) is 0.438. The minimum atomic E-state index is -3.53. The largest absolute Gasteiger partial charge is 0.452 e. The topological polar surface area (TPSA) is 119 Å². The molecule has 0 aliphatic heterocycles. The van der Waals surface area contributed by atoms with Gasteiger partial charge < -0.3 is 15.4 Å². The Kier molecular flexibility index (Phi) is 8.04. The normalized spacial score (nSPS) is 12.2. The predicted octanol–water partition coefficient (Wildman–Crippen LogP) is 0.931. The van der Waals surface area contributed by atoms with Crippen LogP contribution in [0.25, 0.3) is 0 Å². The van der Waals surface area contributed by atoms with Crippen LogP contribution in [-0.2, 0) is 24.2 Å². The summed E-state index contributed by atoms with van der Waals surface area (Å²) in [6.45, 7) is 3.25. The molecule has 1 rings (SSSR count). The van der Waals surface area contributed by atoms with Gasteiger partial charge in [0.15, 0.2) is 16.4 Å². The molecular weight excluding hydrogens is 384 g/mol. The maximum atomic E-state index is 12.0. The summed E-state index contributed by atoms with van der Waals surface area (Å²) >= 11 is 5.88. The van der Waals surface area contributed by atoms with Crippen molar-refractivity contribution in [2.24, 2.45) is 0 Å². The minimum absolute atomic E-state index is 0.00452. The predicted molar refractivity (Wildman–Crippen MR) is 95.7 cm³/mol. The van der Waals surface area contributed by atoms with Gasteiger partial charge in [0.2, 0.25) is 5.91 Å². The van der Waals surface area contributed by atoms with E-state index in [1.54, 1.807) is 0 Å². The Bertz CT molecular complexity index is 794. The Labute approximate surface area is 157 Å². The fourth-order valence-corrected chi connectivity index (χ4v) is 2.69. The van der Waals surface area contributed by atoms with Crippen LogP contribution in [0.1, 0.15) is 30.6 Å². The molecule has 144 valence electrons. The zero-order valence-electron chi connectivity index (χ0n) is 14.7. The monoisotopic (exact) mass is 404 g/mol. The first-order valence-corrected chi connectivity index (χ1v) is 10.1. The van der Waals surface area contributed by atoms with Gasteiger partial charge in [-0.1, -0.05) is 18.5 Å². The van der Waals surface area contributed by atoms with Crippen LogP contribution in [0.15, 0.2) is 23.1 Å². The van der Waals surface area contributed by atoms with Crippen LogP contribution < -0.4 is 10.6 Å². The van der Waals surface area contributed by atoms with Gasteiger partial charge in [-0.3, -0.25) is 9.59 Å². The van der Waals surface area contributed by atoms with Crippen molar-refractivity contribution < 1.29 is 27.5 Å². The third-order valence-corrected chi connectivity index (χ3v) is 4.68. The lowest BCUT2D eigenvalue weighted by atomic mass is 10.2. The molecule has 1 aromatic rings. The van der Waals surface area contributed by atoms with Gasteiger partial charge in [-0.05, 0) is 31.5 Å². The average molecular weight is 405 g/mol. The molecule has 0 spiro atoms. The van der Waals surface area contributed by atoms with Gasteiger partial charge in [0.05, 0.1) is 15.5 Å². The van der Waals surface area contributed by atoms with Crippen LogP contribution in [0.2, 0.25) is 5.02 Å². The highest BCUT2D eigenvalue weighted by Crippen LogP contribution is 2.21. The second-order valence-electron chi connectivity index (χ2n) is 5.57. The molecule has 0 saturated carbocycles. The first-order valence-electron chi connectivity index (χ1n) is 7.80. The minimum Gasteiger partial charge on any atom is -0.452 e. The van der Waals surface area contributed by atoms with Crippen LogP contribution in [0.4, 0.5) is 0 Å². The Morgan fingerprint density at radius 2 is 1.92 bits per heavy atom. The number of esters is 1. The number of ether oxygens (including phenoxy) is 1. The van der Waals surface area contributed by atoms with Crippen molar-refractivity contribution in [3.05, 3.63) is 28.8 Å². The molecular formula is C16H21ClN2O6S. The first kappa shape index (κ1) is 21.9. The molecule has 0 radical (unpaired) electrons. The molecule has 8 nitrogen and oxygen atoms in total. The lowest BCUT2D eigenvalue weighted by Gasteiger charge is -2.14. The maximum Gasteiger partial charge on any atom is 0.340 e. The van der Waals surface area contributed by atoms with Crippen molar-refractivity contribution in [1.29, 1.82) is 0 Å². The summed E-state index contributed by atoms with van der Waals surface area (Å²) < 4.78 is 27.9. The quantitative estimate of drug-likeness (QED) is 0.622. The molecule has 0 heterocycles. The number of sulfone groups is 1. The van der Waals surface area contributed by atoms with E-state index in [0.29, 0.717) is 6.54 Å². The van der Waals surface area contributed by atoms with E-state index in [2.05, 4.69) is 10.6 Å². The summed E-state index contributed by atoms with van der Waals surface area (Å²) in [6.07, 6.45) is 1.75. The van der Waals surface area contributed by atoms with Crippen LogP contribution in [0.5, 0.6) is 0 Å². The van der Waals surface area contributed by atoms with Gasteiger partial charge in [0, 0.05) is 12.8 Å². The van der Waals surface area contributed by atoms with E-state index < -0.39 is 34.4 Å². The molecule has 26 heavy (non-hydrogen) atoms. The van der Waals surface area contributed by atoms with E-state index >= 15 is 0 Å². The number of amides is 2. The van der Waals surface area contributed by atoms with Crippen LogP contribution >= 0.6 is 11.6 Å². The Morgan fingerprint density at radius 1 is 1.27 bits per heavy atom. The molecule has 2 amide bonds. The van der Waals surface area contributed by atoms with Gasteiger partial charge >= 0.3 is 5.97 Å². The molecule has 0 unspecified atom stereocenters. The number of rotatable bonds is 8. The number of carbonyl (C=O) groups excluding carboxylic acids is 3. The molecule has 10 heteroatoms. The molecule has 1 aromatic carbocycles. The highest BCUT2D eigenvalue weighted by atomic mass is 35.5. The number of nitrogens with one attached hydrogen (secondary N) is 2. The van der Waals surface area contributed by atoms with Crippen LogP contribution in [0, 0.1) is 0 Å². The zero-order valence-corrected chi connectivity index (χ0v) is 16.2. The Balaban J connectivity index is 2.66. The number of hydrogen-bond acceptors (Lipinski definition) is 6. The number of hydrogen-bond donors (Lipinski definition) is 2. The fourth-order valence-electron chi connectivity index (χ4n) is 1.85. The molecule has 0 fully saturated rings. The maximum absolute atomic E-state index is 12.0. The Hall–Kier alpha value is -2.13. The van der Waals surface area contributed by atoms with Crippen molar-refractivity contribution >= 4 is 39.2 Å².